The Bertz CT molecular complexity index is 370. The van der Waals surface area contributed by atoms with Crippen LogP contribution in [0.3, 0.4) is 0 Å². The van der Waals surface area contributed by atoms with E-state index in [2.05, 4.69) is 0 Å². The van der Waals surface area contributed by atoms with Gasteiger partial charge < -0.3 is 15.6 Å². The number of ether oxygens (including phenoxy) is 1. The molecule has 1 aromatic carbocycles. The molecule has 0 heterocycles. The van der Waals surface area contributed by atoms with Crippen LogP contribution in [0.4, 0.5) is 8.78 Å². The molecular weight excluding hydrogens is 208 g/mol. The Kier molecular flexibility index (Phi) is 3.56. The molecule has 1 aromatic rings. The van der Waals surface area contributed by atoms with Crippen molar-refractivity contribution in [2.45, 2.75) is 6.04 Å². The first-order chi connectivity index (χ1) is 7.00. The molecule has 1 atom stereocenters. The molecule has 15 heavy (non-hydrogen) atoms. The molecule has 82 valence electrons. The highest BCUT2D eigenvalue weighted by molar-refractivity contribution is 5.73. The van der Waals surface area contributed by atoms with Gasteiger partial charge in [0, 0.05) is 6.07 Å². The second kappa shape index (κ2) is 4.70. The van der Waals surface area contributed by atoms with Crippen molar-refractivity contribution in [3.05, 3.63) is 29.8 Å². The molecule has 0 aliphatic carbocycles. The summed E-state index contributed by atoms with van der Waals surface area (Å²) in [4.78, 5) is 10.3. The Balaban J connectivity index is 2.58. The zero-order chi connectivity index (χ0) is 11.4. The minimum absolute atomic E-state index is 0.0330. The monoisotopic (exact) mass is 217 g/mol. The molecule has 0 saturated carbocycles. The van der Waals surface area contributed by atoms with Crippen LogP contribution in [-0.4, -0.2) is 23.7 Å². The molecule has 6 heteroatoms. The summed E-state index contributed by atoms with van der Waals surface area (Å²) in [6, 6.07) is 1.70. The SMILES string of the molecule is NC(COc1ccc(F)c(F)c1)C(=O)O. The number of hydrogen-bond donors (Lipinski definition) is 2. The maximum atomic E-state index is 12.7. The van der Waals surface area contributed by atoms with Crippen molar-refractivity contribution in [1.82, 2.24) is 0 Å². The maximum absolute atomic E-state index is 12.7. The third-order valence-corrected chi connectivity index (χ3v) is 1.64. The lowest BCUT2D eigenvalue weighted by Crippen LogP contribution is -2.36. The van der Waals surface area contributed by atoms with E-state index in [-0.39, 0.29) is 12.4 Å². The van der Waals surface area contributed by atoms with Crippen molar-refractivity contribution in [1.29, 1.82) is 0 Å². The Morgan fingerprint density at radius 3 is 2.67 bits per heavy atom. The van der Waals surface area contributed by atoms with Crippen LogP contribution in [0, 0.1) is 11.6 Å². The summed E-state index contributed by atoms with van der Waals surface area (Å²) in [7, 11) is 0. The van der Waals surface area contributed by atoms with E-state index in [0.29, 0.717) is 0 Å². The number of hydrogen-bond acceptors (Lipinski definition) is 3. The standard InChI is InChI=1S/C9H9F2NO3/c10-6-2-1-5(3-7(6)11)15-4-8(12)9(13)14/h1-3,8H,4,12H2,(H,13,14). The fourth-order valence-corrected chi connectivity index (χ4v) is 0.824. The number of carbonyl (C=O) groups is 1. The number of carboxylic acids is 1. The van der Waals surface area contributed by atoms with Gasteiger partial charge in [-0.15, -0.1) is 0 Å². The summed E-state index contributed by atoms with van der Waals surface area (Å²) in [5.74, 6) is -3.25. The molecule has 0 spiro atoms. The van der Waals surface area contributed by atoms with Crippen LogP contribution in [0.5, 0.6) is 5.75 Å². The highest BCUT2D eigenvalue weighted by atomic mass is 19.2. The minimum atomic E-state index is -1.22. The van der Waals surface area contributed by atoms with Gasteiger partial charge in [0.15, 0.2) is 11.6 Å². The zero-order valence-electron chi connectivity index (χ0n) is 7.61. The second-order valence-corrected chi connectivity index (χ2v) is 2.83. The summed E-state index contributed by atoms with van der Waals surface area (Å²) in [6.07, 6.45) is 0. The Hall–Kier alpha value is -1.69. The molecule has 0 fully saturated rings. The van der Waals surface area contributed by atoms with Crippen LogP contribution in [0.15, 0.2) is 18.2 Å². The van der Waals surface area contributed by atoms with E-state index in [0.717, 1.165) is 12.1 Å². The molecular formula is C9H9F2NO3. The smallest absolute Gasteiger partial charge is 0.324 e. The Labute approximate surface area is 84.3 Å². The van der Waals surface area contributed by atoms with Crippen molar-refractivity contribution in [2.75, 3.05) is 6.61 Å². The topological polar surface area (TPSA) is 72.5 Å². The fourth-order valence-electron chi connectivity index (χ4n) is 0.824. The van der Waals surface area contributed by atoms with Crippen LogP contribution in [0.1, 0.15) is 0 Å². The zero-order valence-corrected chi connectivity index (χ0v) is 7.61. The molecule has 0 aliphatic heterocycles. The van der Waals surface area contributed by atoms with Crippen LogP contribution in [-0.2, 0) is 4.79 Å². The quantitative estimate of drug-likeness (QED) is 0.780. The summed E-state index contributed by atoms with van der Waals surface area (Å²) in [6.45, 7) is -0.305. The van der Waals surface area contributed by atoms with Crippen molar-refractivity contribution in [3.63, 3.8) is 0 Å². The van der Waals surface area contributed by atoms with E-state index in [1.807, 2.05) is 0 Å². The van der Waals surface area contributed by atoms with Crippen LogP contribution < -0.4 is 10.5 Å². The third kappa shape index (κ3) is 3.17. The molecule has 1 rings (SSSR count). The predicted octanol–water partition coefficient (Wildman–Crippen LogP) is 0.756. The highest BCUT2D eigenvalue weighted by Gasteiger charge is 2.12. The van der Waals surface area contributed by atoms with Gasteiger partial charge in [0.05, 0.1) is 0 Å². The van der Waals surface area contributed by atoms with E-state index in [1.54, 1.807) is 0 Å². The summed E-state index contributed by atoms with van der Waals surface area (Å²) in [5.41, 5.74) is 5.14. The summed E-state index contributed by atoms with van der Waals surface area (Å²) < 4.78 is 30.0. The average Bonchev–Trinajstić information content (AvgIpc) is 2.19. The van der Waals surface area contributed by atoms with Crippen LogP contribution in [0.2, 0.25) is 0 Å². The van der Waals surface area contributed by atoms with Crippen molar-refractivity contribution in [2.24, 2.45) is 5.73 Å². The molecule has 4 nitrogen and oxygen atoms in total. The van der Waals surface area contributed by atoms with Gasteiger partial charge in [-0.3, -0.25) is 4.79 Å². The lowest BCUT2D eigenvalue weighted by molar-refractivity contribution is -0.139. The Morgan fingerprint density at radius 1 is 1.47 bits per heavy atom. The van der Waals surface area contributed by atoms with Crippen LogP contribution in [0.25, 0.3) is 0 Å². The molecule has 0 saturated heterocycles. The van der Waals surface area contributed by atoms with Crippen molar-refractivity contribution in [3.8, 4) is 5.75 Å². The number of carboxylic acid groups (broad SMARTS) is 1. The first-order valence-electron chi connectivity index (χ1n) is 4.07. The maximum Gasteiger partial charge on any atom is 0.324 e. The third-order valence-electron chi connectivity index (χ3n) is 1.64. The van der Waals surface area contributed by atoms with Gasteiger partial charge in [0.2, 0.25) is 0 Å². The fraction of sp³-hybridized carbons (Fsp3) is 0.222. The first kappa shape index (κ1) is 11.4. The average molecular weight is 217 g/mol. The largest absolute Gasteiger partial charge is 0.491 e. The number of nitrogens with two attached hydrogens (primary N) is 1. The van der Waals surface area contributed by atoms with E-state index in [4.69, 9.17) is 15.6 Å². The molecule has 0 amide bonds. The van der Waals surface area contributed by atoms with E-state index in [1.165, 1.54) is 6.07 Å². The van der Waals surface area contributed by atoms with Gasteiger partial charge in [-0.25, -0.2) is 8.78 Å². The predicted molar refractivity (Wildman–Crippen MR) is 47.5 cm³/mol. The first-order valence-corrected chi connectivity index (χ1v) is 4.07. The molecule has 3 N–H and O–H groups in total. The highest BCUT2D eigenvalue weighted by Crippen LogP contribution is 2.15. The van der Waals surface area contributed by atoms with Gasteiger partial charge in [-0.2, -0.15) is 0 Å². The number of halogens is 2. The normalized spacial score (nSPS) is 12.2. The van der Waals surface area contributed by atoms with Gasteiger partial charge >= 0.3 is 5.97 Å². The molecule has 1 unspecified atom stereocenters. The second-order valence-electron chi connectivity index (χ2n) is 2.83. The van der Waals surface area contributed by atoms with Crippen molar-refractivity contribution >= 4 is 5.97 Å². The number of benzene rings is 1. The Morgan fingerprint density at radius 2 is 2.13 bits per heavy atom. The molecule has 0 radical (unpaired) electrons. The van der Waals surface area contributed by atoms with Gasteiger partial charge in [0.1, 0.15) is 18.4 Å². The van der Waals surface area contributed by atoms with E-state index < -0.39 is 23.6 Å². The molecule has 0 aromatic heterocycles. The van der Waals surface area contributed by atoms with E-state index >= 15 is 0 Å². The number of rotatable bonds is 4. The van der Waals surface area contributed by atoms with Crippen molar-refractivity contribution < 1.29 is 23.4 Å². The number of aliphatic carboxylic acids is 1. The lowest BCUT2D eigenvalue weighted by atomic mass is 10.3. The molecule has 0 bridgehead atoms. The van der Waals surface area contributed by atoms with Gasteiger partial charge in [-0.1, -0.05) is 0 Å². The van der Waals surface area contributed by atoms with Gasteiger partial charge in [0.25, 0.3) is 0 Å². The van der Waals surface area contributed by atoms with Gasteiger partial charge in [-0.05, 0) is 12.1 Å². The molecule has 0 aliphatic rings. The van der Waals surface area contributed by atoms with E-state index in [9.17, 15) is 13.6 Å². The summed E-state index contributed by atoms with van der Waals surface area (Å²) in [5, 5.41) is 8.42. The summed E-state index contributed by atoms with van der Waals surface area (Å²) >= 11 is 0. The lowest BCUT2D eigenvalue weighted by Gasteiger charge is -2.09. The van der Waals surface area contributed by atoms with Crippen LogP contribution >= 0.6 is 0 Å². The minimum Gasteiger partial charge on any atom is -0.491 e.